The lowest BCUT2D eigenvalue weighted by Gasteiger charge is -2.34. The van der Waals surface area contributed by atoms with E-state index in [1.165, 1.54) is 0 Å². The monoisotopic (exact) mass is 347 g/mol. The SMILES string of the molecule is Cc1nccc(CCC(=O)N2CCC([C@@H]3CC[C@H](C(=O)O)O3)CC2)n1. The maximum atomic E-state index is 12.4. The number of hydrogen-bond donors (Lipinski definition) is 1. The van der Waals surface area contributed by atoms with Gasteiger partial charge in [-0.2, -0.15) is 0 Å². The van der Waals surface area contributed by atoms with E-state index in [4.69, 9.17) is 9.84 Å². The molecule has 0 saturated carbocycles. The minimum absolute atomic E-state index is 0.0300. The van der Waals surface area contributed by atoms with Crippen molar-refractivity contribution in [1.29, 1.82) is 0 Å². The molecule has 0 radical (unpaired) electrons. The van der Waals surface area contributed by atoms with Crippen LogP contribution in [0.2, 0.25) is 0 Å². The number of hydrogen-bond acceptors (Lipinski definition) is 5. The number of amides is 1. The third-order valence-corrected chi connectivity index (χ3v) is 5.17. The number of likely N-dealkylation sites (tertiary alicyclic amines) is 1. The summed E-state index contributed by atoms with van der Waals surface area (Å²) >= 11 is 0. The highest BCUT2D eigenvalue weighted by molar-refractivity contribution is 5.76. The summed E-state index contributed by atoms with van der Waals surface area (Å²) in [6, 6.07) is 1.85. The van der Waals surface area contributed by atoms with Crippen LogP contribution in [0.4, 0.5) is 0 Å². The predicted octanol–water partition coefficient (Wildman–Crippen LogP) is 1.59. The van der Waals surface area contributed by atoms with Crippen molar-refractivity contribution in [2.45, 2.75) is 57.7 Å². The van der Waals surface area contributed by atoms with Gasteiger partial charge in [-0.15, -0.1) is 0 Å². The maximum absolute atomic E-state index is 12.4. The topological polar surface area (TPSA) is 92.6 Å². The van der Waals surface area contributed by atoms with Crippen LogP contribution in [0.1, 0.15) is 43.6 Å². The highest BCUT2D eigenvalue weighted by Crippen LogP contribution is 2.32. The van der Waals surface area contributed by atoms with Crippen molar-refractivity contribution in [3.05, 3.63) is 23.8 Å². The normalized spacial score (nSPS) is 24.4. The molecule has 136 valence electrons. The van der Waals surface area contributed by atoms with Crippen LogP contribution in [0.25, 0.3) is 0 Å². The molecule has 0 spiro atoms. The summed E-state index contributed by atoms with van der Waals surface area (Å²) in [5, 5.41) is 9.03. The number of carbonyl (C=O) groups is 2. The highest BCUT2D eigenvalue weighted by Gasteiger charge is 2.37. The standard InChI is InChI=1S/C18H25N3O4/c1-12-19-9-6-14(20-12)2-5-17(22)21-10-7-13(8-11-21)15-3-4-16(25-15)18(23)24/h6,9,13,15-16H,2-5,7-8,10-11H2,1H3,(H,23,24)/t15-,16+/m0/s1. The van der Waals surface area contributed by atoms with Gasteiger partial charge in [0.1, 0.15) is 5.82 Å². The number of nitrogens with zero attached hydrogens (tertiary/aromatic N) is 3. The Labute approximate surface area is 147 Å². The van der Waals surface area contributed by atoms with E-state index in [2.05, 4.69) is 9.97 Å². The Balaban J connectivity index is 1.42. The van der Waals surface area contributed by atoms with E-state index >= 15 is 0 Å². The van der Waals surface area contributed by atoms with Crippen molar-refractivity contribution >= 4 is 11.9 Å². The minimum atomic E-state index is -0.866. The summed E-state index contributed by atoms with van der Waals surface area (Å²) in [6.07, 6.45) is 5.36. The Morgan fingerprint density at radius 2 is 2.04 bits per heavy atom. The lowest BCUT2D eigenvalue weighted by molar-refractivity contribution is -0.151. The van der Waals surface area contributed by atoms with Gasteiger partial charge in [-0.25, -0.2) is 14.8 Å². The van der Waals surface area contributed by atoms with Crippen molar-refractivity contribution in [3.8, 4) is 0 Å². The van der Waals surface area contributed by atoms with Crippen LogP contribution in [-0.2, 0) is 20.7 Å². The van der Waals surface area contributed by atoms with Gasteiger partial charge in [0.05, 0.1) is 6.10 Å². The average molecular weight is 347 g/mol. The van der Waals surface area contributed by atoms with Gasteiger partial charge in [-0.3, -0.25) is 4.79 Å². The molecule has 2 aliphatic heterocycles. The molecule has 1 aromatic heterocycles. The van der Waals surface area contributed by atoms with Gasteiger partial charge >= 0.3 is 5.97 Å². The van der Waals surface area contributed by atoms with Gasteiger partial charge in [-0.05, 0) is 51.0 Å². The molecule has 3 rings (SSSR count). The fourth-order valence-electron chi connectivity index (χ4n) is 3.75. The van der Waals surface area contributed by atoms with Crippen LogP contribution in [0.5, 0.6) is 0 Å². The summed E-state index contributed by atoms with van der Waals surface area (Å²) < 4.78 is 5.66. The van der Waals surface area contributed by atoms with Gasteiger partial charge in [-0.1, -0.05) is 0 Å². The number of aliphatic carboxylic acids is 1. The second-order valence-corrected chi connectivity index (χ2v) is 6.89. The number of rotatable bonds is 5. The third-order valence-electron chi connectivity index (χ3n) is 5.17. The molecule has 0 aromatic carbocycles. The Bertz CT molecular complexity index is 629. The molecule has 7 heteroatoms. The molecule has 0 bridgehead atoms. The Hall–Kier alpha value is -2.02. The first-order valence-corrected chi connectivity index (χ1v) is 8.97. The van der Waals surface area contributed by atoms with Crippen LogP contribution < -0.4 is 0 Å². The second-order valence-electron chi connectivity index (χ2n) is 6.89. The van der Waals surface area contributed by atoms with Gasteiger partial charge in [0.15, 0.2) is 6.10 Å². The van der Waals surface area contributed by atoms with Crippen molar-refractivity contribution in [3.63, 3.8) is 0 Å². The van der Waals surface area contributed by atoms with E-state index in [0.717, 1.165) is 43.9 Å². The molecular formula is C18H25N3O4. The summed E-state index contributed by atoms with van der Waals surface area (Å²) in [7, 11) is 0. The van der Waals surface area contributed by atoms with Crippen LogP contribution in [0.3, 0.4) is 0 Å². The minimum Gasteiger partial charge on any atom is -0.479 e. The van der Waals surface area contributed by atoms with E-state index in [1.807, 2.05) is 17.9 Å². The Kier molecular flexibility index (Phi) is 5.63. The fraction of sp³-hybridized carbons (Fsp3) is 0.667. The number of carbonyl (C=O) groups excluding carboxylic acids is 1. The first-order chi connectivity index (χ1) is 12.0. The molecule has 25 heavy (non-hydrogen) atoms. The highest BCUT2D eigenvalue weighted by atomic mass is 16.5. The first kappa shape index (κ1) is 17.8. The number of ether oxygens (including phenoxy) is 1. The predicted molar refractivity (Wildman–Crippen MR) is 89.9 cm³/mol. The lowest BCUT2D eigenvalue weighted by atomic mass is 9.89. The van der Waals surface area contributed by atoms with E-state index in [1.54, 1.807) is 6.20 Å². The molecule has 2 aliphatic rings. The molecule has 1 aromatic rings. The molecule has 2 atom stereocenters. The van der Waals surface area contributed by atoms with Crippen LogP contribution >= 0.6 is 0 Å². The van der Waals surface area contributed by atoms with E-state index < -0.39 is 12.1 Å². The van der Waals surface area contributed by atoms with Gasteiger partial charge < -0.3 is 14.7 Å². The summed E-state index contributed by atoms with van der Waals surface area (Å²) in [4.78, 5) is 33.7. The number of aryl methyl sites for hydroxylation is 2. The molecular weight excluding hydrogens is 322 g/mol. The molecule has 1 N–H and O–H groups in total. The third kappa shape index (κ3) is 4.54. The molecule has 3 heterocycles. The molecule has 0 unspecified atom stereocenters. The Morgan fingerprint density at radius 1 is 1.28 bits per heavy atom. The van der Waals surface area contributed by atoms with Gasteiger partial charge in [0.2, 0.25) is 5.91 Å². The smallest absolute Gasteiger partial charge is 0.332 e. The van der Waals surface area contributed by atoms with Crippen molar-refractivity contribution < 1.29 is 19.4 Å². The zero-order valence-corrected chi connectivity index (χ0v) is 14.6. The van der Waals surface area contributed by atoms with Crippen molar-refractivity contribution in [2.24, 2.45) is 5.92 Å². The molecule has 0 aliphatic carbocycles. The van der Waals surface area contributed by atoms with Gasteiger partial charge in [0.25, 0.3) is 0 Å². The average Bonchev–Trinajstić information content (AvgIpc) is 3.10. The zero-order chi connectivity index (χ0) is 17.8. The molecule has 2 fully saturated rings. The second kappa shape index (κ2) is 7.91. The maximum Gasteiger partial charge on any atom is 0.332 e. The number of carboxylic acid groups (broad SMARTS) is 1. The number of piperidine rings is 1. The summed E-state index contributed by atoms with van der Waals surface area (Å²) in [5.74, 6) is 0.375. The largest absolute Gasteiger partial charge is 0.479 e. The number of carboxylic acids is 1. The Morgan fingerprint density at radius 3 is 2.68 bits per heavy atom. The van der Waals surface area contributed by atoms with Crippen LogP contribution in [0.15, 0.2) is 12.3 Å². The van der Waals surface area contributed by atoms with Crippen molar-refractivity contribution in [2.75, 3.05) is 13.1 Å². The molecule has 1 amide bonds. The summed E-state index contributed by atoms with van der Waals surface area (Å²) in [5.41, 5.74) is 0.898. The molecule has 2 saturated heterocycles. The fourth-order valence-corrected chi connectivity index (χ4v) is 3.75. The molecule has 7 nitrogen and oxygen atoms in total. The van der Waals surface area contributed by atoms with Crippen LogP contribution in [-0.4, -0.2) is 57.1 Å². The first-order valence-electron chi connectivity index (χ1n) is 8.97. The lowest BCUT2D eigenvalue weighted by Crippen LogP contribution is -2.41. The van der Waals surface area contributed by atoms with E-state index in [9.17, 15) is 9.59 Å². The quantitative estimate of drug-likeness (QED) is 0.869. The number of aromatic nitrogens is 2. The summed E-state index contributed by atoms with van der Waals surface area (Å²) in [6.45, 7) is 3.30. The van der Waals surface area contributed by atoms with E-state index in [-0.39, 0.29) is 12.0 Å². The zero-order valence-electron chi connectivity index (χ0n) is 14.6. The van der Waals surface area contributed by atoms with Crippen molar-refractivity contribution in [1.82, 2.24) is 14.9 Å². The van der Waals surface area contributed by atoms with E-state index in [0.29, 0.717) is 25.2 Å². The van der Waals surface area contributed by atoms with Crippen LogP contribution in [0, 0.1) is 12.8 Å². The van der Waals surface area contributed by atoms with Gasteiger partial charge in [0, 0.05) is 31.4 Å².